The van der Waals surface area contributed by atoms with E-state index in [1.165, 1.54) is 12.0 Å². The fourth-order valence-electron chi connectivity index (χ4n) is 2.37. The Balaban J connectivity index is 1.83. The number of benzene rings is 1. The predicted molar refractivity (Wildman–Crippen MR) is 90.8 cm³/mol. The van der Waals surface area contributed by atoms with Crippen molar-refractivity contribution in [1.82, 2.24) is 9.88 Å². The zero-order valence-electron chi connectivity index (χ0n) is 12.7. The summed E-state index contributed by atoms with van der Waals surface area (Å²) in [5.41, 5.74) is 1.35. The number of aromatic nitrogens is 1. The van der Waals surface area contributed by atoms with Gasteiger partial charge in [0.15, 0.2) is 0 Å². The monoisotopic (exact) mass is 350 g/mol. The number of halogens is 1. The minimum atomic E-state index is 0.448. The van der Waals surface area contributed by atoms with Crippen LogP contribution in [-0.4, -0.2) is 18.2 Å². The molecule has 0 aliphatic heterocycles. The predicted octanol–water partition coefficient (Wildman–Crippen LogP) is 4.39. The number of nitrogens with zero attached hydrogens (tertiary/aromatic N) is 1. The van der Waals surface area contributed by atoms with Crippen molar-refractivity contribution < 1.29 is 4.74 Å². The van der Waals surface area contributed by atoms with Crippen LogP contribution in [0, 0.1) is 0 Å². The minimum Gasteiger partial charge on any atom is -0.492 e. The Bertz CT molecular complexity index is 536. The standard InChI is InChI=1S/C17H23BrN2O/c1-3-4-17(19-2)14-9-10-20(13-14)11-12-21-16-7-5-15(18)6-8-16/h5-10,13,17,19H,3-4,11-12H2,1-2H3. The molecule has 0 aliphatic carbocycles. The summed E-state index contributed by atoms with van der Waals surface area (Å²) in [6.07, 6.45) is 6.68. The molecule has 0 aliphatic rings. The number of nitrogens with one attached hydrogen (secondary N) is 1. The van der Waals surface area contributed by atoms with E-state index in [0.29, 0.717) is 12.6 Å². The molecular weight excluding hydrogens is 328 g/mol. The van der Waals surface area contributed by atoms with Crippen molar-refractivity contribution >= 4 is 15.9 Å². The van der Waals surface area contributed by atoms with Gasteiger partial charge in [-0.05, 0) is 49.4 Å². The van der Waals surface area contributed by atoms with E-state index in [2.05, 4.69) is 51.2 Å². The lowest BCUT2D eigenvalue weighted by molar-refractivity contribution is 0.298. The molecule has 2 rings (SSSR count). The van der Waals surface area contributed by atoms with E-state index in [-0.39, 0.29) is 0 Å². The molecule has 1 atom stereocenters. The quantitative estimate of drug-likeness (QED) is 0.763. The lowest BCUT2D eigenvalue weighted by Crippen LogP contribution is -2.15. The maximum atomic E-state index is 5.75. The first kappa shape index (κ1) is 16.1. The summed E-state index contributed by atoms with van der Waals surface area (Å²) in [6.45, 7) is 3.75. The van der Waals surface area contributed by atoms with Crippen molar-refractivity contribution in [2.45, 2.75) is 32.4 Å². The highest BCUT2D eigenvalue weighted by Gasteiger charge is 2.09. The fraction of sp³-hybridized carbons (Fsp3) is 0.412. The molecule has 4 heteroatoms. The largest absolute Gasteiger partial charge is 0.492 e. The molecule has 0 fully saturated rings. The van der Waals surface area contributed by atoms with E-state index in [4.69, 9.17) is 4.74 Å². The Morgan fingerprint density at radius 2 is 2.00 bits per heavy atom. The van der Waals surface area contributed by atoms with Crippen molar-refractivity contribution in [2.24, 2.45) is 0 Å². The lowest BCUT2D eigenvalue weighted by atomic mass is 10.1. The third kappa shape index (κ3) is 4.90. The number of hydrogen-bond acceptors (Lipinski definition) is 2. The summed E-state index contributed by atoms with van der Waals surface area (Å²) in [7, 11) is 2.02. The smallest absolute Gasteiger partial charge is 0.119 e. The lowest BCUT2D eigenvalue weighted by Gasteiger charge is -2.13. The van der Waals surface area contributed by atoms with E-state index in [1.54, 1.807) is 0 Å². The Morgan fingerprint density at radius 3 is 2.67 bits per heavy atom. The van der Waals surface area contributed by atoms with Crippen molar-refractivity contribution in [2.75, 3.05) is 13.7 Å². The van der Waals surface area contributed by atoms with Crippen LogP contribution in [0.3, 0.4) is 0 Å². The molecule has 1 heterocycles. The van der Waals surface area contributed by atoms with Crippen LogP contribution in [-0.2, 0) is 6.54 Å². The molecule has 21 heavy (non-hydrogen) atoms. The molecule has 3 nitrogen and oxygen atoms in total. The highest BCUT2D eigenvalue weighted by atomic mass is 79.9. The van der Waals surface area contributed by atoms with Gasteiger partial charge in [-0.3, -0.25) is 0 Å². The third-order valence-corrected chi connectivity index (χ3v) is 4.06. The molecule has 1 aromatic carbocycles. The SMILES string of the molecule is CCCC(NC)c1ccn(CCOc2ccc(Br)cc2)c1. The Labute approximate surface area is 135 Å². The summed E-state index contributed by atoms with van der Waals surface area (Å²) in [4.78, 5) is 0. The molecule has 0 spiro atoms. The fourth-order valence-corrected chi connectivity index (χ4v) is 2.63. The molecule has 0 bridgehead atoms. The van der Waals surface area contributed by atoms with Crippen molar-refractivity contribution in [3.63, 3.8) is 0 Å². The zero-order chi connectivity index (χ0) is 15.1. The van der Waals surface area contributed by atoms with Gasteiger partial charge in [-0.15, -0.1) is 0 Å². The number of ether oxygens (including phenoxy) is 1. The second kappa shape index (κ2) is 8.25. The summed E-state index contributed by atoms with van der Waals surface area (Å²) in [5, 5.41) is 3.37. The molecular formula is C17H23BrN2O. The first-order chi connectivity index (χ1) is 10.2. The maximum Gasteiger partial charge on any atom is 0.119 e. The van der Waals surface area contributed by atoms with E-state index in [1.807, 2.05) is 31.3 Å². The second-order valence-electron chi connectivity index (χ2n) is 5.11. The molecule has 1 unspecified atom stereocenters. The molecule has 114 valence electrons. The first-order valence-electron chi connectivity index (χ1n) is 7.44. The van der Waals surface area contributed by atoms with Gasteiger partial charge in [-0.25, -0.2) is 0 Å². The van der Waals surface area contributed by atoms with Crippen LogP contribution in [0.4, 0.5) is 0 Å². The van der Waals surface area contributed by atoms with Crippen molar-refractivity contribution in [3.8, 4) is 5.75 Å². The van der Waals surface area contributed by atoms with Gasteiger partial charge in [0.05, 0.1) is 6.54 Å². The van der Waals surface area contributed by atoms with Gasteiger partial charge < -0.3 is 14.6 Å². The Morgan fingerprint density at radius 1 is 1.24 bits per heavy atom. The average Bonchev–Trinajstić information content (AvgIpc) is 2.95. The van der Waals surface area contributed by atoms with Crippen molar-refractivity contribution in [3.05, 3.63) is 52.8 Å². The molecule has 1 aromatic heterocycles. The van der Waals surface area contributed by atoms with Gasteiger partial charge >= 0.3 is 0 Å². The summed E-state index contributed by atoms with van der Waals surface area (Å²) >= 11 is 3.42. The van der Waals surface area contributed by atoms with Crippen LogP contribution in [0.2, 0.25) is 0 Å². The summed E-state index contributed by atoms with van der Waals surface area (Å²) in [5.74, 6) is 0.907. The van der Waals surface area contributed by atoms with Crippen LogP contribution in [0.1, 0.15) is 31.4 Å². The second-order valence-corrected chi connectivity index (χ2v) is 6.03. The van der Waals surface area contributed by atoms with E-state index < -0.39 is 0 Å². The van der Waals surface area contributed by atoms with E-state index in [0.717, 1.165) is 23.2 Å². The summed E-state index contributed by atoms with van der Waals surface area (Å²) in [6, 6.07) is 10.6. The average molecular weight is 351 g/mol. The van der Waals surface area contributed by atoms with Crippen LogP contribution in [0.5, 0.6) is 5.75 Å². The molecule has 1 N–H and O–H groups in total. The Kier molecular flexibility index (Phi) is 6.33. The number of rotatable bonds is 8. The molecule has 0 radical (unpaired) electrons. The third-order valence-electron chi connectivity index (χ3n) is 3.53. The van der Waals surface area contributed by atoms with Crippen LogP contribution < -0.4 is 10.1 Å². The molecule has 0 amide bonds. The normalized spacial score (nSPS) is 12.3. The van der Waals surface area contributed by atoms with Gasteiger partial charge in [0.1, 0.15) is 12.4 Å². The van der Waals surface area contributed by atoms with E-state index in [9.17, 15) is 0 Å². The van der Waals surface area contributed by atoms with Crippen LogP contribution in [0.25, 0.3) is 0 Å². The maximum absolute atomic E-state index is 5.75. The molecule has 0 saturated heterocycles. The topological polar surface area (TPSA) is 26.2 Å². The highest BCUT2D eigenvalue weighted by Crippen LogP contribution is 2.19. The van der Waals surface area contributed by atoms with E-state index >= 15 is 0 Å². The minimum absolute atomic E-state index is 0.448. The number of hydrogen-bond donors (Lipinski definition) is 1. The molecule has 0 saturated carbocycles. The first-order valence-corrected chi connectivity index (χ1v) is 8.23. The Hall–Kier alpha value is -1.26. The molecule has 2 aromatic rings. The van der Waals surface area contributed by atoms with Gasteiger partial charge in [0.2, 0.25) is 0 Å². The van der Waals surface area contributed by atoms with Gasteiger partial charge in [0.25, 0.3) is 0 Å². The van der Waals surface area contributed by atoms with Crippen molar-refractivity contribution in [1.29, 1.82) is 0 Å². The van der Waals surface area contributed by atoms with Gasteiger partial charge in [0, 0.05) is 22.9 Å². The van der Waals surface area contributed by atoms with Gasteiger partial charge in [-0.2, -0.15) is 0 Å². The summed E-state index contributed by atoms with van der Waals surface area (Å²) < 4.78 is 9.01. The zero-order valence-corrected chi connectivity index (χ0v) is 14.3. The highest BCUT2D eigenvalue weighted by molar-refractivity contribution is 9.10. The van der Waals surface area contributed by atoms with Crippen LogP contribution >= 0.6 is 15.9 Å². The van der Waals surface area contributed by atoms with Crippen LogP contribution in [0.15, 0.2) is 47.2 Å². The van der Waals surface area contributed by atoms with Gasteiger partial charge in [-0.1, -0.05) is 29.3 Å².